The SMILES string of the molecule is Cc1cccc(OC(C)C(=O)Oc2ccc(C(=O)Nc3cc(Cl)ccc3Cl)cc2)c1. The second-order valence-corrected chi connectivity index (χ2v) is 7.44. The molecule has 0 bridgehead atoms. The molecular weight excluding hydrogens is 425 g/mol. The minimum Gasteiger partial charge on any atom is -0.479 e. The Balaban J connectivity index is 1.60. The van der Waals surface area contributed by atoms with Crippen molar-refractivity contribution in [2.24, 2.45) is 0 Å². The molecule has 0 radical (unpaired) electrons. The van der Waals surface area contributed by atoms with Crippen LogP contribution in [0.25, 0.3) is 0 Å². The lowest BCUT2D eigenvalue weighted by molar-refractivity contribution is -0.141. The van der Waals surface area contributed by atoms with Gasteiger partial charge in [0.1, 0.15) is 11.5 Å². The molecule has 0 saturated carbocycles. The van der Waals surface area contributed by atoms with E-state index in [-0.39, 0.29) is 5.91 Å². The number of carbonyl (C=O) groups excluding carboxylic acids is 2. The molecule has 0 aliphatic carbocycles. The van der Waals surface area contributed by atoms with Crippen LogP contribution in [0.5, 0.6) is 11.5 Å². The average Bonchev–Trinajstić information content (AvgIpc) is 2.71. The van der Waals surface area contributed by atoms with Crippen LogP contribution in [0, 0.1) is 6.92 Å². The minimum atomic E-state index is -0.792. The summed E-state index contributed by atoms with van der Waals surface area (Å²) in [5, 5.41) is 3.53. The van der Waals surface area contributed by atoms with Gasteiger partial charge in [0.15, 0.2) is 6.10 Å². The fraction of sp³-hybridized carbons (Fsp3) is 0.130. The maximum atomic E-state index is 12.4. The Hall–Kier alpha value is -3.02. The Morgan fingerprint density at radius 1 is 0.933 bits per heavy atom. The van der Waals surface area contributed by atoms with Crippen LogP contribution < -0.4 is 14.8 Å². The molecular formula is C23H19Cl2NO4. The van der Waals surface area contributed by atoms with Crippen LogP contribution in [0.4, 0.5) is 5.69 Å². The van der Waals surface area contributed by atoms with E-state index >= 15 is 0 Å². The summed E-state index contributed by atoms with van der Waals surface area (Å²) < 4.78 is 10.9. The monoisotopic (exact) mass is 443 g/mol. The number of hydrogen-bond acceptors (Lipinski definition) is 4. The first-order valence-electron chi connectivity index (χ1n) is 9.13. The number of hydrogen-bond donors (Lipinski definition) is 1. The number of halogens is 2. The van der Waals surface area contributed by atoms with Crippen LogP contribution in [-0.4, -0.2) is 18.0 Å². The Kier molecular flexibility index (Phi) is 6.98. The van der Waals surface area contributed by atoms with Crippen molar-refractivity contribution in [3.8, 4) is 11.5 Å². The third kappa shape index (κ3) is 5.75. The average molecular weight is 444 g/mol. The molecule has 0 aliphatic rings. The zero-order valence-electron chi connectivity index (χ0n) is 16.3. The van der Waals surface area contributed by atoms with Crippen LogP contribution in [0.3, 0.4) is 0 Å². The number of anilines is 1. The van der Waals surface area contributed by atoms with Crippen molar-refractivity contribution in [2.45, 2.75) is 20.0 Å². The topological polar surface area (TPSA) is 64.6 Å². The van der Waals surface area contributed by atoms with Gasteiger partial charge in [-0.3, -0.25) is 4.79 Å². The number of amides is 1. The predicted molar refractivity (Wildman–Crippen MR) is 118 cm³/mol. The van der Waals surface area contributed by atoms with Crippen molar-refractivity contribution >= 4 is 40.8 Å². The van der Waals surface area contributed by atoms with Gasteiger partial charge in [-0.15, -0.1) is 0 Å². The van der Waals surface area contributed by atoms with Gasteiger partial charge in [0.05, 0.1) is 10.7 Å². The molecule has 0 saturated heterocycles. The highest BCUT2D eigenvalue weighted by molar-refractivity contribution is 6.35. The summed E-state index contributed by atoms with van der Waals surface area (Å²) >= 11 is 12.0. The van der Waals surface area contributed by atoms with Crippen LogP contribution in [0.15, 0.2) is 66.7 Å². The van der Waals surface area contributed by atoms with Crippen molar-refractivity contribution in [2.75, 3.05) is 5.32 Å². The summed E-state index contributed by atoms with van der Waals surface area (Å²) in [4.78, 5) is 24.7. The number of nitrogens with one attached hydrogen (secondary N) is 1. The maximum absolute atomic E-state index is 12.4. The summed E-state index contributed by atoms with van der Waals surface area (Å²) in [6.45, 7) is 3.55. The summed E-state index contributed by atoms with van der Waals surface area (Å²) in [7, 11) is 0. The van der Waals surface area contributed by atoms with Crippen molar-refractivity contribution in [3.63, 3.8) is 0 Å². The van der Waals surface area contributed by atoms with Crippen LogP contribution >= 0.6 is 23.2 Å². The van der Waals surface area contributed by atoms with E-state index in [9.17, 15) is 9.59 Å². The Morgan fingerprint density at radius 2 is 1.67 bits per heavy atom. The van der Waals surface area contributed by atoms with Crippen LogP contribution in [-0.2, 0) is 4.79 Å². The van der Waals surface area contributed by atoms with Gasteiger partial charge >= 0.3 is 5.97 Å². The van der Waals surface area contributed by atoms with Gasteiger partial charge in [-0.25, -0.2) is 4.79 Å². The Bertz CT molecular complexity index is 1070. The molecule has 0 aliphatic heterocycles. The van der Waals surface area contributed by atoms with E-state index in [1.165, 1.54) is 12.1 Å². The van der Waals surface area contributed by atoms with Crippen molar-refractivity contribution < 1.29 is 19.1 Å². The third-order valence-electron chi connectivity index (χ3n) is 4.15. The van der Waals surface area contributed by atoms with E-state index in [2.05, 4.69) is 5.32 Å². The fourth-order valence-electron chi connectivity index (χ4n) is 2.60. The van der Waals surface area contributed by atoms with Crippen molar-refractivity contribution in [3.05, 3.63) is 87.9 Å². The second kappa shape index (κ2) is 9.65. The molecule has 30 heavy (non-hydrogen) atoms. The van der Waals surface area contributed by atoms with Gasteiger partial charge in [-0.1, -0.05) is 35.3 Å². The number of benzene rings is 3. The van der Waals surface area contributed by atoms with Gasteiger partial charge in [0.25, 0.3) is 5.91 Å². The molecule has 1 atom stereocenters. The highest BCUT2D eigenvalue weighted by atomic mass is 35.5. The number of rotatable bonds is 6. The second-order valence-electron chi connectivity index (χ2n) is 6.60. The van der Waals surface area contributed by atoms with E-state index < -0.39 is 12.1 Å². The van der Waals surface area contributed by atoms with E-state index in [0.29, 0.717) is 32.8 Å². The van der Waals surface area contributed by atoms with Crippen molar-refractivity contribution in [1.82, 2.24) is 0 Å². The molecule has 3 rings (SSSR count). The predicted octanol–water partition coefficient (Wildman–Crippen LogP) is 5.93. The van der Waals surface area contributed by atoms with Crippen molar-refractivity contribution in [1.29, 1.82) is 0 Å². The highest BCUT2D eigenvalue weighted by Crippen LogP contribution is 2.26. The molecule has 0 aromatic heterocycles. The first kappa shape index (κ1) is 21.7. The molecule has 5 nitrogen and oxygen atoms in total. The smallest absolute Gasteiger partial charge is 0.352 e. The third-order valence-corrected chi connectivity index (χ3v) is 4.71. The zero-order chi connectivity index (χ0) is 21.7. The lowest BCUT2D eigenvalue weighted by Gasteiger charge is -2.14. The lowest BCUT2D eigenvalue weighted by Crippen LogP contribution is -2.28. The maximum Gasteiger partial charge on any atom is 0.352 e. The molecule has 0 heterocycles. The Morgan fingerprint density at radius 3 is 2.37 bits per heavy atom. The number of carbonyl (C=O) groups is 2. The van der Waals surface area contributed by atoms with E-state index in [0.717, 1.165) is 5.56 Å². The fourth-order valence-corrected chi connectivity index (χ4v) is 2.94. The normalized spacial score (nSPS) is 11.5. The number of ether oxygens (including phenoxy) is 2. The summed E-state index contributed by atoms with van der Waals surface area (Å²) in [5.74, 6) is -0.0178. The van der Waals surface area contributed by atoms with E-state index in [4.69, 9.17) is 32.7 Å². The lowest BCUT2D eigenvalue weighted by atomic mass is 10.2. The molecule has 1 N–H and O–H groups in total. The van der Waals surface area contributed by atoms with Gasteiger partial charge in [0, 0.05) is 10.6 Å². The van der Waals surface area contributed by atoms with Crippen LogP contribution in [0.1, 0.15) is 22.8 Å². The minimum absolute atomic E-state index is 0.303. The quantitative estimate of drug-likeness (QED) is 0.378. The zero-order valence-corrected chi connectivity index (χ0v) is 17.8. The van der Waals surface area contributed by atoms with Gasteiger partial charge in [0.2, 0.25) is 0 Å². The van der Waals surface area contributed by atoms with Crippen LogP contribution in [0.2, 0.25) is 10.0 Å². The molecule has 154 valence electrons. The van der Waals surface area contributed by atoms with Gasteiger partial charge in [-0.2, -0.15) is 0 Å². The number of aryl methyl sites for hydroxylation is 1. The van der Waals surface area contributed by atoms with E-state index in [1.807, 2.05) is 25.1 Å². The first-order valence-corrected chi connectivity index (χ1v) is 9.89. The molecule has 7 heteroatoms. The molecule has 1 unspecified atom stereocenters. The highest BCUT2D eigenvalue weighted by Gasteiger charge is 2.18. The Labute approximate surface area is 184 Å². The standard InChI is InChI=1S/C23H19Cl2NO4/c1-14-4-3-5-19(12-14)29-15(2)23(28)30-18-9-6-16(7-10-18)22(27)26-21-13-17(24)8-11-20(21)25/h3-13,15H,1-2H3,(H,26,27). The summed E-state index contributed by atoms with van der Waals surface area (Å²) in [6, 6.07) is 18.3. The molecule has 3 aromatic carbocycles. The summed E-state index contributed by atoms with van der Waals surface area (Å²) in [5.41, 5.74) is 1.81. The van der Waals surface area contributed by atoms with Gasteiger partial charge < -0.3 is 14.8 Å². The largest absolute Gasteiger partial charge is 0.479 e. The van der Waals surface area contributed by atoms with E-state index in [1.54, 1.807) is 43.3 Å². The molecule has 0 fully saturated rings. The molecule has 1 amide bonds. The molecule has 0 spiro atoms. The first-order chi connectivity index (χ1) is 14.3. The van der Waals surface area contributed by atoms with Gasteiger partial charge in [-0.05, 0) is 74.0 Å². The number of esters is 1. The molecule has 3 aromatic rings. The summed E-state index contributed by atoms with van der Waals surface area (Å²) in [6.07, 6.45) is -0.792.